The van der Waals surface area contributed by atoms with Gasteiger partial charge in [-0.1, -0.05) is 38.1 Å². The van der Waals surface area contributed by atoms with E-state index in [4.69, 9.17) is 4.74 Å². The zero-order valence-electron chi connectivity index (χ0n) is 16.2. The minimum absolute atomic E-state index is 0.0388. The lowest BCUT2D eigenvalue weighted by Gasteiger charge is -2.18. The number of hydrogen-bond donors (Lipinski definition) is 2. The van der Waals surface area contributed by atoms with Crippen LogP contribution in [-0.4, -0.2) is 23.0 Å². The zero-order chi connectivity index (χ0) is 19.2. The second-order valence-electron chi connectivity index (χ2n) is 7.24. The number of rotatable bonds is 8. The van der Waals surface area contributed by atoms with Gasteiger partial charge in [-0.25, -0.2) is 4.98 Å². The van der Waals surface area contributed by atoms with Crippen molar-refractivity contribution in [3.63, 3.8) is 0 Å². The Morgan fingerprint density at radius 3 is 2.56 bits per heavy atom. The van der Waals surface area contributed by atoms with Crippen LogP contribution in [0.5, 0.6) is 5.75 Å². The molecule has 0 aliphatic rings. The summed E-state index contributed by atoms with van der Waals surface area (Å²) in [6.07, 6.45) is 1.99. The first kappa shape index (κ1) is 19.0. The van der Waals surface area contributed by atoms with E-state index < -0.39 is 0 Å². The summed E-state index contributed by atoms with van der Waals surface area (Å²) in [6.45, 7) is 4.30. The predicted octanol–water partition coefficient (Wildman–Crippen LogP) is 4.41. The summed E-state index contributed by atoms with van der Waals surface area (Å²) >= 11 is 0. The summed E-state index contributed by atoms with van der Waals surface area (Å²) in [5.74, 6) is 2.13. The first-order valence-corrected chi connectivity index (χ1v) is 9.42. The molecule has 142 valence electrons. The molecule has 0 saturated carbocycles. The van der Waals surface area contributed by atoms with Crippen molar-refractivity contribution in [2.24, 2.45) is 5.92 Å². The Kier molecular flexibility index (Phi) is 6.12. The van der Waals surface area contributed by atoms with Gasteiger partial charge in [0.05, 0.1) is 24.2 Å². The van der Waals surface area contributed by atoms with Crippen LogP contribution >= 0.6 is 0 Å². The fourth-order valence-electron chi connectivity index (χ4n) is 3.16. The van der Waals surface area contributed by atoms with Crippen molar-refractivity contribution in [2.45, 2.75) is 39.2 Å². The van der Waals surface area contributed by atoms with Crippen molar-refractivity contribution in [1.82, 2.24) is 15.3 Å². The van der Waals surface area contributed by atoms with Gasteiger partial charge in [-0.2, -0.15) is 0 Å². The molecule has 0 aliphatic carbocycles. The van der Waals surface area contributed by atoms with E-state index in [1.54, 1.807) is 7.11 Å². The molecule has 0 unspecified atom stereocenters. The second-order valence-corrected chi connectivity index (χ2v) is 7.24. The number of para-hydroxylation sites is 2. The zero-order valence-corrected chi connectivity index (χ0v) is 16.2. The van der Waals surface area contributed by atoms with E-state index in [2.05, 4.69) is 29.1 Å². The number of methoxy groups -OCH3 is 1. The number of nitrogens with one attached hydrogen (secondary N) is 2. The van der Waals surface area contributed by atoms with E-state index in [-0.39, 0.29) is 11.9 Å². The quantitative estimate of drug-likeness (QED) is 0.621. The number of benzene rings is 2. The molecule has 5 nitrogen and oxygen atoms in total. The van der Waals surface area contributed by atoms with Crippen LogP contribution in [0.2, 0.25) is 0 Å². The molecule has 5 heteroatoms. The van der Waals surface area contributed by atoms with Gasteiger partial charge >= 0.3 is 0 Å². The summed E-state index contributed by atoms with van der Waals surface area (Å²) in [5, 5.41) is 3.16. The van der Waals surface area contributed by atoms with Crippen LogP contribution in [-0.2, 0) is 11.2 Å². The van der Waals surface area contributed by atoms with Gasteiger partial charge in [0, 0.05) is 6.42 Å². The smallest absolute Gasteiger partial charge is 0.220 e. The van der Waals surface area contributed by atoms with Crippen LogP contribution < -0.4 is 10.1 Å². The van der Waals surface area contributed by atoms with Crippen LogP contribution in [0.1, 0.15) is 44.1 Å². The van der Waals surface area contributed by atoms with Crippen LogP contribution in [0.25, 0.3) is 11.0 Å². The molecule has 1 atom stereocenters. The standard InChI is InChI=1S/C22H27N3O2/c1-15(2)14-20(22-24-18-6-4-5-7-19(18)25-22)23-21(26)13-10-16-8-11-17(27-3)12-9-16/h4-9,11-12,15,20H,10,13-14H2,1-3H3,(H,23,26)(H,24,25)/t20-/m0/s1. The van der Waals surface area contributed by atoms with Crippen LogP contribution in [0.4, 0.5) is 0 Å². The summed E-state index contributed by atoms with van der Waals surface area (Å²) < 4.78 is 5.17. The van der Waals surface area contributed by atoms with Gasteiger partial charge in [-0.15, -0.1) is 0 Å². The van der Waals surface area contributed by atoms with E-state index in [0.717, 1.165) is 34.6 Å². The maximum absolute atomic E-state index is 12.5. The van der Waals surface area contributed by atoms with Gasteiger partial charge in [0.2, 0.25) is 5.91 Å². The highest BCUT2D eigenvalue weighted by Crippen LogP contribution is 2.22. The minimum Gasteiger partial charge on any atom is -0.497 e. The Hall–Kier alpha value is -2.82. The average Bonchev–Trinajstić information content (AvgIpc) is 3.10. The highest BCUT2D eigenvalue weighted by Gasteiger charge is 2.19. The number of imidazole rings is 1. The third-order valence-corrected chi connectivity index (χ3v) is 4.58. The number of carbonyl (C=O) groups excluding carboxylic acids is 1. The molecular weight excluding hydrogens is 338 g/mol. The first-order chi connectivity index (χ1) is 13.0. The molecule has 1 amide bonds. The highest BCUT2D eigenvalue weighted by atomic mass is 16.5. The van der Waals surface area contributed by atoms with Gasteiger partial charge in [0.25, 0.3) is 0 Å². The van der Waals surface area contributed by atoms with Crippen LogP contribution in [0.3, 0.4) is 0 Å². The third-order valence-electron chi connectivity index (χ3n) is 4.58. The fraction of sp³-hybridized carbons (Fsp3) is 0.364. The van der Waals surface area contributed by atoms with Crippen molar-refractivity contribution in [1.29, 1.82) is 0 Å². The van der Waals surface area contributed by atoms with Crippen molar-refractivity contribution in [2.75, 3.05) is 7.11 Å². The fourth-order valence-corrected chi connectivity index (χ4v) is 3.16. The lowest BCUT2D eigenvalue weighted by atomic mass is 10.0. The van der Waals surface area contributed by atoms with Gasteiger partial charge in [0.1, 0.15) is 11.6 Å². The number of aromatic nitrogens is 2. The number of H-pyrrole nitrogens is 1. The number of carbonyl (C=O) groups is 1. The minimum atomic E-state index is -0.110. The Morgan fingerprint density at radius 1 is 1.15 bits per heavy atom. The molecule has 1 heterocycles. The number of fused-ring (bicyclic) bond motifs is 1. The molecule has 0 fully saturated rings. The Balaban J connectivity index is 1.65. The second kappa shape index (κ2) is 8.71. The molecule has 0 saturated heterocycles. The molecule has 0 bridgehead atoms. The third kappa shape index (κ3) is 5.09. The van der Waals surface area contributed by atoms with E-state index in [1.165, 1.54) is 0 Å². The van der Waals surface area contributed by atoms with E-state index >= 15 is 0 Å². The molecule has 27 heavy (non-hydrogen) atoms. The molecule has 0 radical (unpaired) electrons. The largest absolute Gasteiger partial charge is 0.497 e. The molecule has 2 N–H and O–H groups in total. The molecule has 0 aliphatic heterocycles. The lowest BCUT2D eigenvalue weighted by Crippen LogP contribution is -2.30. The van der Waals surface area contributed by atoms with Crippen LogP contribution in [0.15, 0.2) is 48.5 Å². The number of amides is 1. The van der Waals surface area contributed by atoms with Crippen molar-refractivity contribution in [3.8, 4) is 5.75 Å². The maximum atomic E-state index is 12.5. The molecule has 1 aromatic heterocycles. The van der Waals surface area contributed by atoms with Gasteiger partial charge < -0.3 is 15.0 Å². The summed E-state index contributed by atoms with van der Waals surface area (Å²) in [4.78, 5) is 20.6. The monoisotopic (exact) mass is 365 g/mol. The Bertz CT molecular complexity index is 851. The SMILES string of the molecule is COc1ccc(CCC(=O)N[C@@H](CC(C)C)c2nc3ccccc3[nH]2)cc1. The first-order valence-electron chi connectivity index (χ1n) is 9.42. The van der Waals surface area contributed by atoms with E-state index in [1.807, 2.05) is 48.5 Å². The lowest BCUT2D eigenvalue weighted by molar-refractivity contribution is -0.122. The number of aromatic amines is 1. The van der Waals surface area contributed by atoms with E-state index in [9.17, 15) is 4.79 Å². The number of nitrogens with zero attached hydrogens (tertiary/aromatic N) is 1. The maximum Gasteiger partial charge on any atom is 0.220 e. The predicted molar refractivity (Wildman–Crippen MR) is 108 cm³/mol. The highest BCUT2D eigenvalue weighted by molar-refractivity contribution is 5.77. The van der Waals surface area contributed by atoms with Crippen molar-refractivity contribution >= 4 is 16.9 Å². The van der Waals surface area contributed by atoms with Gasteiger partial charge in [-0.3, -0.25) is 4.79 Å². The number of ether oxygens (including phenoxy) is 1. The van der Waals surface area contributed by atoms with Crippen molar-refractivity contribution < 1.29 is 9.53 Å². The topological polar surface area (TPSA) is 67.0 Å². The van der Waals surface area contributed by atoms with E-state index in [0.29, 0.717) is 18.8 Å². The normalized spacial score (nSPS) is 12.3. The van der Waals surface area contributed by atoms with Gasteiger partial charge in [-0.05, 0) is 48.6 Å². The van der Waals surface area contributed by atoms with Crippen LogP contribution in [0, 0.1) is 5.92 Å². The average molecular weight is 365 g/mol. The number of hydrogen-bond acceptors (Lipinski definition) is 3. The molecule has 2 aromatic carbocycles. The Morgan fingerprint density at radius 2 is 1.89 bits per heavy atom. The van der Waals surface area contributed by atoms with Crippen molar-refractivity contribution in [3.05, 3.63) is 59.9 Å². The summed E-state index contributed by atoms with van der Waals surface area (Å²) in [7, 11) is 1.65. The Labute approximate surface area is 160 Å². The summed E-state index contributed by atoms with van der Waals surface area (Å²) in [6, 6.07) is 15.7. The molecule has 0 spiro atoms. The summed E-state index contributed by atoms with van der Waals surface area (Å²) in [5.41, 5.74) is 3.04. The number of aryl methyl sites for hydroxylation is 1. The van der Waals surface area contributed by atoms with Gasteiger partial charge in [0.15, 0.2) is 0 Å². The molecule has 3 rings (SSSR count). The molecular formula is C22H27N3O2. The molecule has 3 aromatic rings.